The van der Waals surface area contributed by atoms with Gasteiger partial charge in [-0.15, -0.1) is 0 Å². The lowest BCUT2D eigenvalue weighted by molar-refractivity contribution is -0.148. The lowest BCUT2D eigenvalue weighted by Gasteiger charge is -2.23. The van der Waals surface area contributed by atoms with E-state index >= 15 is 0 Å². The van der Waals surface area contributed by atoms with Crippen LogP contribution in [0.25, 0.3) is 0 Å². The van der Waals surface area contributed by atoms with E-state index in [2.05, 4.69) is 0 Å². The Morgan fingerprint density at radius 1 is 1.22 bits per heavy atom. The number of amides is 2. The van der Waals surface area contributed by atoms with Crippen molar-refractivity contribution in [1.29, 1.82) is 0 Å². The van der Waals surface area contributed by atoms with Crippen LogP contribution in [-0.4, -0.2) is 46.9 Å². The topological polar surface area (TPSA) is 77.9 Å². The molecular formula is C16H17FN2O4. The Morgan fingerprint density at radius 2 is 1.87 bits per heavy atom. The van der Waals surface area contributed by atoms with E-state index in [1.165, 1.54) is 34.1 Å². The highest BCUT2D eigenvalue weighted by molar-refractivity contribution is 6.10. The molecule has 1 aromatic carbocycles. The Hall–Kier alpha value is -2.44. The second-order valence-corrected chi connectivity index (χ2v) is 5.90. The smallest absolute Gasteiger partial charge is 0.323 e. The fraction of sp³-hybridized carbons (Fsp3) is 0.438. The molecule has 2 aliphatic rings. The van der Waals surface area contributed by atoms with Crippen molar-refractivity contribution in [2.75, 3.05) is 18.0 Å². The van der Waals surface area contributed by atoms with Crippen molar-refractivity contribution in [3.05, 3.63) is 30.1 Å². The number of anilines is 1. The first-order valence-electron chi connectivity index (χ1n) is 7.56. The summed E-state index contributed by atoms with van der Waals surface area (Å²) in [6, 6.07) is 5.45. The molecule has 1 saturated heterocycles. The number of nitrogens with zero attached hydrogens (tertiary/aromatic N) is 2. The number of carboxylic acids is 1. The molecule has 1 N–H and O–H groups in total. The molecule has 122 valence electrons. The van der Waals surface area contributed by atoms with Gasteiger partial charge < -0.3 is 14.9 Å². The number of carbonyl (C=O) groups excluding carboxylic acids is 2. The third kappa shape index (κ3) is 3.18. The zero-order valence-corrected chi connectivity index (χ0v) is 12.4. The maximum Gasteiger partial charge on any atom is 0.323 e. The molecule has 7 heteroatoms. The van der Waals surface area contributed by atoms with Crippen molar-refractivity contribution in [1.82, 2.24) is 4.90 Å². The second-order valence-electron chi connectivity index (χ2n) is 5.90. The Balaban J connectivity index is 1.73. The summed E-state index contributed by atoms with van der Waals surface area (Å²) in [5, 5.41) is 8.95. The van der Waals surface area contributed by atoms with E-state index in [0.29, 0.717) is 18.7 Å². The molecule has 2 amide bonds. The van der Waals surface area contributed by atoms with Gasteiger partial charge in [0, 0.05) is 18.3 Å². The largest absolute Gasteiger partial charge is 0.480 e. The van der Waals surface area contributed by atoms with Gasteiger partial charge in [-0.25, -0.2) is 4.39 Å². The number of halogens is 1. The van der Waals surface area contributed by atoms with Gasteiger partial charge >= 0.3 is 5.97 Å². The third-order valence-corrected chi connectivity index (χ3v) is 4.22. The van der Waals surface area contributed by atoms with Crippen molar-refractivity contribution in [3.63, 3.8) is 0 Å². The van der Waals surface area contributed by atoms with Gasteiger partial charge in [0.05, 0.1) is 0 Å². The van der Waals surface area contributed by atoms with Gasteiger partial charge in [-0.1, -0.05) is 0 Å². The predicted octanol–water partition coefficient (Wildman–Crippen LogP) is 1.25. The summed E-state index contributed by atoms with van der Waals surface area (Å²) in [6.45, 7) is -0.00369. The Bertz CT molecular complexity index is 642. The molecule has 1 aromatic rings. The summed E-state index contributed by atoms with van der Waals surface area (Å²) in [6.07, 6.45) is 1.90. The van der Waals surface area contributed by atoms with Crippen LogP contribution in [0.1, 0.15) is 19.3 Å². The lowest BCUT2D eigenvalue weighted by atomic mass is 10.1. The van der Waals surface area contributed by atoms with E-state index in [9.17, 15) is 18.8 Å². The number of rotatable bonds is 5. The molecule has 0 aromatic heterocycles. The number of hydrogen-bond acceptors (Lipinski definition) is 3. The maximum atomic E-state index is 13.0. The van der Waals surface area contributed by atoms with Crippen molar-refractivity contribution in [2.45, 2.75) is 25.3 Å². The lowest BCUT2D eigenvalue weighted by Crippen LogP contribution is -2.43. The molecule has 1 atom stereocenters. The first-order valence-corrected chi connectivity index (χ1v) is 7.56. The molecule has 23 heavy (non-hydrogen) atoms. The van der Waals surface area contributed by atoms with E-state index in [1.807, 2.05) is 0 Å². The summed E-state index contributed by atoms with van der Waals surface area (Å²) in [7, 11) is 0. The summed E-state index contributed by atoms with van der Waals surface area (Å²) in [4.78, 5) is 38.8. The van der Waals surface area contributed by atoms with Gasteiger partial charge in [0.15, 0.2) is 0 Å². The first kappa shape index (κ1) is 15.5. The molecule has 0 bridgehead atoms. The molecule has 3 rings (SSSR count). The van der Waals surface area contributed by atoms with Crippen LogP contribution in [0.15, 0.2) is 24.3 Å². The Labute approximate surface area is 132 Å². The van der Waals surface area contributed by atoms with Gasteiger partial charge in [-0.05, 0) is 43.5 Å². The number of carbonyl (C=O) groups is 3. The average molecular weight is 320 g/mol. The molecule has 2 fully saturated rings. The molecule has 6 nitrogen and oxygen atoms in total. The molecule has 1 aliphatic carbocycles. The predicted molar refractivity (Wildman–Crippen MR) is 79.2 cm³/mol. The van der Waals surface area contributed by atoms with Crippen LogP contribution in [-0.2, 0) is 14.4 Å². The summed E-state index contributed by atoms with van der Waals surface area (Å²) >= 11 is 0. The van der Waals surface area contributed by atoms with E-state index in [1.54, 1.807) is 0 Å². The zero-order valence-electron chi connectivity index (χ0n) is 12.4. The highest BCUT2D eigenvalue weighted by Crippen LogP contribution is 2.32. The van der Waals surface area contributed by atoms with Crippen LogP contribution in [0.3, 0.4) is 0 Å². The van der Waals surface area contributed by atoms with Crippen LogP contribution in [0.4, 0.5) is 10.1 Å². The van der Waals surface area contributed by atoms with Gasteiger partial charge in [-0.2, -0.15) is 0 Å². The fourth-order valence-corrected chi connectivity index (χ4v) is 2.91. The van der Waals surface area contributed by atoms with Crippen LogP contribution in [0.2, 0.25) is 0 Å². The summed E-state index contributed by atoms with van der Waals surface area (Å²) < 4.78 is 13.0. The molecule has 0 radical (unpaired) electrons. The minimum Gasteiger partial charge on any atom is -0.480 e. The standard InChI is InChI=1S/C16H17FN2O4/c17-10-1-3-11(4-2-10)18-8-7-13(15(18)22)16(23)19(9-14(20)21)12-5-6-12/h1-4,12-13H,5-9H2,(H,20,21). The van der Waals surface area contributed by atoms with E-state index in [4.69, 9.17) is 5.11 Å². The van der Waals surface area contributed by atoms with Crippen molar-refractivity contribution in [3.8, 4) is 0 Å². The number of benzene rings is 1. The Kier molecular flexibility index (Phi) is 4.02. The van der Waals surface area contributed by atoms with Crippen molar-refractivity contribution < 1.29 is 23.9 Å². The van der Waals surface area contributed by atoms with Crippen molar-refractivity contribution >= 4 is 23.5 Å². The van der Waals surface area contributed by atoms with Crippen molar-refractivity contribution in [2.24, 2.45) is 5.92 Å². The average Bonchev–Trinajstić information content (AvgIpc) is 3.28. The van der Waals surface area contributed by atoms with E-state index < -0.39 is 23.6 Å². The summed E-state index contributed by atoms with van der Waals surface area (Å²) in [5.41, 5.74) is 0.544. The second kappa shape index (κ2) is 5.98. The normalized spacial score (nSPS) is 20.7. The highest BCUT2D eigenvalue weighted by atomic mass is 19.1. The number of carboxylic acid groups (broad SMARTS) is 1. The minimum absolute atomic E-state index is 0.0636. The quantitative estimate of drug-likeness (QED) is 0.828. The van der Waals surface area contributed by atoms with Gasteiger partial charge in [0.2, 0.25) is 11.8 Å². The van der Waals surface area contributed by atoms with Gasteiger partial charge in [0.1, 0.15) is 18.3 Å². The zero-order chi connectivity index (χ0) is 16.6. The number of hydrogen-bond donors (Lipinski definition) is 1. The van der Waals surface area contributed by atoms with Crippen LogP contribution < -0.4 is 4.90 Å². The van der Waals surface area contributed by atoms with Crippen LogP contribution in [0.5, 0.6) is 0 Å². The molecule has 1 aliphatic heterocycles. The molecule has 1 heterocycles. The van der Waals surface area contributed by atoms with E-state index in [-0.39, 0.29) is 18.5 Å². The molecule has 0 spiro atoms. The Morgan fingerprint density at radius 3 is 2.43 bits per heavy atom. The van der Waals surface area contributed by atoms with Crippen LogP contribution in [0, 0.1) is 11.7 Å². The molecule has 1 saturated carbocycles. The van der Waals surface area contributed by atoms with Gasteiger partial charge in [0.25, 0.3) is 0 Å². The monoisotopic (exact) mass is 320 g/mol. The third-order valence-electron chi connectivity index (χ3n) is 4.22. The maximum absolute atomic E-state index is 13.0. The SMILES string of the molecule is O=C(O)CN(C(=O)C1CCN(c2ccc(F)cc2)C1=O)C1CC1. The van der Waals surface area contributed by atoms with Gasteiger partial charge in [-0.3, -0.25) is 14.4 Å². The molecular weight excluding hydrogens is 303 g/mol. The summed E-state index contributed by atoms with van der Waals surface area (Å²) in [5.74, 6) is -3.08. The van der Waals surface area contributed by atoms with E-state index in [0.717, 1.165) is 12.8 Å². The number of aliphatic carboxylic acids is 1. The van der Waals surface area contributed by atoms with Crippen LogP contribution >= 0.6 is 0 Å². The minimum atomic E-state index is -1.08. The fourth-order valence-electron chi connectivity index (χ4n) is 2.91. The molecule has 1 unspecified atom stereocenters. The first-order chi connectivity index (χ1) is 11.0. The highest BCUT2D eigenvalue weighted by Gasteiger charge is 2.43.